The number of nitrogens with one attached hydrogen (secondary N) is 1. The van der Waals surface area contributed by atoms with E-state index in [1.807, 2.05) is 43.3 Å². The van der Waals surface area contributed by atoms with Crippen molar-refractivity contribution in [3.8, 4) is 0 Å². The Morgan fingerprint density at radius 2 is 1.95 bits per heavy atom. The number of carbonyl (C=O) groups is 2. The summed E-state index contributed by atoms with van der Waals surface area (Å²) in [5.41, 5.74) is 4.17. The lowest BCUT2D eigenvalue weighted by atomic mass is 10.1. The Balaban J connectivity index is 1.84. The predicted molar refractivity (Wildman–Crippen MR) is 82.7 cm³/mol. The Bertz CT molecular complexity index is 737. The molecule has 2 amide bonds. The van der Waals surface area contributed by atoms with Crippen molar-refractivity contribution in [2.24, 2.45) is 0 Å². The molecule has 0 bridgehead atoms. The van der Waals surface area contributed by atoms with Gasteiger partial charge in [-0.15, -0.1) is 0 Å². The number of hydrogen-bond acceptors (Lipinski definition) is 2. The van der Waals surface area contributed by atoms with Gasteiger partial charge in [-0.1, -0.05) is 18.2 Å². The molecule has 0 fully saturated rings. The van der Waals surface area contributed by atoms with Gasteiger partial charge in [-0.3, -0.25) is 9.59 Å². The molecular weight excluding hydrogens is 264 g/mol. The van der Waals surface area contributed by atoms with Gasteiger partial charge in [-0.25, -0.2) is 0 Å². The number of anilines is 2. The summed E-state index contributed by atoms with van der Waals surface area (Å²) in [5, 5.41) is 2.89. The second-order valence-corrected chi connectivity index (χ2v) is 5.24. The van der Waals surface area contributed by atoms with Crippen LogP contribution in [-0.2, 0) is 11.2 Å². The molecule has 0 aliphatic carbocycles. The Kier molecular flexibility index (Phi) is 3.22. The highest BCUT2D eigenvalue weighted by atomic mass is 16.2. The van der Waals surface area contributed by atoms with E-state index in [9.17, 15) is 9.59 Å². The third-order valence-electron chi connectivity index (χ3n) is 3.80. The van der Waals surface area contributed by atoms with Crippen LogP contribution in [0.5, 0.6) is 0 Å². The zero-order chi connectivity index (χ0) is 15.0. The summed E-state index contributed by atoms with van der Waals surface area (Å²) in [4.78, 5) is 25.6. The number of nitrogens with zero attached hydrogens (tertiary/aromatic N) is 1. The van der Waals surface area contributed by atoms with E-state index in [2.05, 4.69) is 5.32 Å². The van der Waals surface area contributed by atoms with Gasteiger partial charge in [0.15, 0.2) is 0 Å². The molecule has 21 heavy (non-hydrogen) atoms. The smallest absolute Gasteiger partial charge is 0.255 e. The first-order valence-electron chi connectivity index (χ1n) is 6.83. The number of hydrogen-bond donors (Lipinski definition) is 1. The van der Waals surface area contributed by atoms with E-state index in [1.165, 1.54) is 0 Å². The summed E-state index contributed by atoms with van der Waals surface area (Å²) >= 11 is 0. The van der Waals surface area contributed by atoms with Crippen molar-refractivity contribution < 1.29 is 9.59 Å². The van der Waals surface area contributed by atoms with Crippen molar-refractivity contribution in [2.75, 3.05) is 17.3 Å². The average molecular weight is 280 g/mol. The number of amides is 2. The predicted octanol–water partition coefficient (Wildman–Crippen LogP) is 2.77. The van der Waals surface area contributed by atoms with Gasteiger partial charge in [0.25, 0.3) is 5.91 Å². The molecule has 0 aromatic heterocycles. The maximum absolute atomic E-state index is 12.3. The Morgan fingerprint density at radius 3 is 2.71 bits per heavy atom. The summed E-state index contributed by atoms with van der Waals surface area (Å²) in [6, 6.07) is 13.0. The summed E-state index contributed by atoms with van der Waals surface area (Å²) in [6.07, 6.45) is 0.389. The number of fused-ring (bicyclic) bond motifs is 1. The molecule has 0 spiro atoms. The third kappa shape index (κ3) is 2.40. The molecule has 2 aromatic carbocycles. The van der Waals surface area contributed by atoms with Crippen molar-refractivity contribution in [2.45, 2.75) is 13.3 Å². The number of aryl methyl sites for hydroxylation is 1. The molecule has 0 saturated carbocycles. The van der Waals surface area contributed by atoms with Crippen molar-refractivity contribution in [1.82, 2.24) is 0 Å². The Labute approximate surface area is 123 Å². The maximum atomic E-state index is 12.3. The standard InChI is InChI=1S/C17H16N2O2/c1-11-5-3-4-6-14(11)17(21)18-13-7-8-15-12(9-13)10-16(20)19(15)2/h3-9H,10H2,1-2H3,(H,18,21). The van der Waals surface area contributed by atoms with E-state index < -0.39 is 0 Å². The number of likely N-dealkylation sites (N-methyl/N-ethyl adjacent to an activating group) is 1. The highest BCUT2D eigenvalue weighted by Gasteiger charge is 2.24. The van der Waals surface area contributed by atoms with E-state index in [0.29, 0.717) is 17.7 Å². The lowest BCUT2D eigenvalue weighted by Crippen LogP contribution is -2.20. The van der Waals surface area contributed by atoms with Crippen LogP contribution in [0.3, 0.4) is 0 Å². The van der Waals surface area contributed by atoms with Crippen molar-refractivity contribution in [3.05, 3.63) is 59.2 Å². The molecule has 1 aliphatic heterocycles. The van der Waals surface area contributed by atoms with Crippen LogP contribution >= 0.6 is 0 Å². The largest absolute Gasteiger partial charge is 0.322 e. The molecule has 1 N–H and O–H groups in total. The minimum Gasteiger partial charge on any atom is -0.322 e. The van der Waals surface area contributed by atoms with Gasteiger partial charge in [0.2, 0.25) is 5.91 Å². The van der Waals surface area contributed by atoms with Crippen LogP contribution in [0.1, 0.15) is 21.5 Å². The van der Waals surface area contributed by atoms with Crippen LogP contribution < -0.4 is 10.2 Å². The van der Waals surface area contributed by atoms with E-state index >= 15 is 0 Å². The van der Waals surface area contributed by atoms with Crippen LogP contribution in [0.15, 0.2) is 42.5 Å². The minimum absolute atomic E-state index is 0.0763. The summed E-state index contributed by atoms with van der Waals surface area (Å²) in [6.45, 7) is 1.91. The van der Waals surface area contributed by atoms with Crippen LogP contribution in [0.25, 0.3) is 0 Å². The molecular formula is C17H16N2O2. The van der Waals surface area contributed by atoms with Gasteiger partial charge in [0, 0.05) is 24.0 Å². The summed E-state index contributed by atoms with van der Waals surface area (Å²) in [7, 11) is 1.76. The van der Waals surface area contributed by atoms with Crippen molar-refractivity contribution in [3.63, 3.8) is 0 Å². The van der Waals surface area contributed by atoms with Gasteiger partial charge in [-0.2, -0.15) is 0 Å². The monoisotopic (exact) mass is 280 g/mol. The quantitative estimate of drug-likeness (QED) is 0.919. The normalized spacial score (nSPS) is 13.2. The highest BCUT2D eigenvalue weighted by Crippen LogP contribution is 2.30. The van der Waals surface area contributed by atoms with E-state index in [4.69, 9.17) is 0 Å². The first-order chi connectivity index (χ1) is 10.1. The number of benzene rings is 2. The van der Waals surface area contributed by atoms with Crippen molar-refractivity contribution in [1.29, 1.82) is 0 Å². The lowest BCUT2D eigenvalue weighted by Gasteiger charge is -2.11. The summed E-state index contributed by atoms with van der Waals surface area (Å²) in [5.74, 6) is -0.0573. The van der Waals surface area contributed by atoms with Gasteiger partial charge >= 0.3 is 0 Å². The molecule has 2 aromatic rings. The third-order valence-corrected chi connectivity index (χ3v) is 3.80. The average Bonchev–Trinajstić information content (AvgIpc) is 2.74. The minimum atomic E-state index is -0.134. The molecule has 0 saturated heterocycles. The molecule has 4 heteroatoms. The fourth-order valence-corrected chi connectivity index (χ4v) is 2.57. The Morgan fingerprint density at radius 1 is 1.19 bits per heavy atom. The molecule has 3 rings (SSSR count). The van der Waals surface area contributed by atoms with Crippen molar-refractivity contribution >= 4 is 23.2 Å². The molecule has 1 aliphatic rings. The zero-order valence-corrected chi connectivity index (χ0v) is 12.0. The molecule has 0 unspecified atom stereocenters. The number of rotatable bonds is 2. The fraction of sp³-hybridized carbons (Fsp3) is 0.176. The maximum Gasteiger partial charge on any atom is 0.255 e. The lowest BCUT2D eigenvalue weighted by molar-refractivity contribution is -0.117. The molecule has 0 radical (unpaired) electrons. The van der Waals surface area contributed by atoms with Crippen LogP contribution in [0.4, 0.5) is 11.4 Å². The van der Waals surface area contributed by atoms with Crippen LogP contribution in [-0.4, -0.2) is 18.9 Å². The second-order valence-electron chi connectivity index (χ2n) is 5.24. The van der Waals surface area contributed by atoms with Crippen LogP contribution in [0.2, 0.25) is 0 Å². The molecule has 1 heterocycles. The molecule has 106 valence electrons. The second kappa shape index (κ2) is 5.05. The van der Waals surface area contributed by atoms with E-state index in [1.54, 1.807) is 18.0 Å². The van der Waals surface area contributed by atoms with E-state index in [-0.39, 0.29) is 11.8 Å². The highest BCUT2D eigenvalue weighted by molar-refractivity contribution is 6.06. The first-order valence-corrected chi connectivity index (χ1v) is 6.83. The van der Waals surface area contributed by atoms with Gasteiger partial charge in [0.1, 0.15) is 0 Å². The SMILES string of the molecule is Cc1ccccc1C(=O)Nc1ccc2c(c1)CC(=O)N2C. The topological polar surface area (TPSA) is 49.4 Å². The fourth-order valence-electron chi connectivity index (χ4n) is 2.57. The Hall–Kier alpha value is -2.62. The number of carbonyl (C=O) groups excluding carboxylic acids is 2. The summed E-state index contributed by atoms with van der Waals surface area (Å²) < 4.78 is 0. The zero-order valence-electron chi connectivity index (χ0n) is 12.0. The molecule has 4 nitrogen and oxygen atoms in total. The van der Waals surface area contributed by atoms with Gasteiger partial charge in [0.05, 0.1) is 6.42 Å². The van der Waals surface area contributed by atoms with E-state index in [0.717, 1.165) is 16.8 Å². The van der Waals surface area contributed by atoms with Crippen LogP contribution in [0, 0.1) is 6.92 Å². The molecule has 0 atom stereocenters. The van der Waals surface area contributed by atoms with Gasteiger partial charge < -0.3 is 10.2 Å². The van der Waals surface area contributed by atoms with Gasteiger partial charge in [-0.05, 0) is 42.3 Å². The first kappa shape index (κ1) is 13.4.